The van der Waals surface area contributed by atoms with Crippen LogP contribution in [0.25, 0.3) is 0 Å². The highest BCUT2D eigenvalue weighted by Gasteiger charge is 2.09. The Kier molecular flexibility index (Phi) is 7.79. The molecular weight excluding hydrogens is 248 g/mol. The first-order chi connectivity index (χ1) is 9.71. The van der Waals surface area contributed by atoms with Crippen molar-refractivity contribution in [3.8, 4) is 17.6 Å². The lowest BCUT2D eigenvalue weighted by molar-refractivity contribution is 0.183. The van der Waals surface area contributed by atoms with Crippen molar-refractivity contribution >= 4 is 0 Å². The Morgan fingerprint density at radius 3 is 2.70 bits per heavy atom. The van der Waals surface area contributed by atoms with Crippen LogP contribution in [0.1, 0.15) is 32.3 Å². The van der Waals surface area contributed by atoms with Crippen molar-refractivity contribution in [2.75, 3.05) is 26.7 Å². The minimum atomic E-state index is 0.380. The molecule has 0 bridgehead atoms. The van der Waals surface area contributed by atoms with E-state index >= 15 is 0 Å². The van der Waals surface area contributed by atoms with Crippen LogP contribution in [0.4, 0.5) is 0 Å². The van der Waals surface area contributed by atoms with Crippen molar-refractivity contribution in [2.24, 2.45) is 5.73 Å². The van der Waals surface area contributed by atoms with Crippen LogP contribution in [-0.2, 0) is 0 Å². The molecular formula is C17H26N2O. The van der Waals surface area contributed by atoms with E-state index in [-0.39, 0.29) is 0 Å². The molecule has 0 saturated carbocycles. The lowest BCUT2D eigenvalue weighted by Gasteiger charge is -2.25. The largest absolute Gasteiger partial charge is 0.492 e. The minimum Gasteiger partial charge on any atom is -0.492 e. The summed E-state index contributed by atoms with van der Waals surface area (Å²) in [6.45, 7) is 6.47. The van der Waals surface area contributed by atoms with E-state index in [4.69, 9.17) is 10.5 Å². The molecule has 1 aromatic rings. The number of nitrogens with zero attached hydrogens (tertiary/aromatic N) is 1. The standard InChI is InChI=1S/C17H26N2O/c1-4-16(5-2)19(3)12-13-20-17-10-6-8-15(14-17)9-7-11-18/h6,8,10,14,16H,4-5,11-13,18H2,1-3H3. The summed E-state index contributed by atoms with van der Waals surface area (Å²) in [5.41, 5.74) is 6.32. The van der Waals surface area contributed by atoms with Crippen LogP contribution >= 0.6 is 0 Å². The van der Waals surface area contributed by atoms with Gasteiger partial charge in [0.05, 0.1) is 6.54 Å². The second kappa shape index (κ2) is 9.41. The number of hydrogen-bond donors (Lipinski definition) is 1. The summed E-state index contributed by atoms with van der Waals surface area (Å²) in [7, 11) is 2.16. The summed E-state index contributed by atoms with van der Waals surface area (Å²) in [6, 6.07) is 8.48. The third kappa shape index (κ3) is 5.64. The molecule has 3 heteroatoms. The molecule has 0 atom stereocenters. The fourth-order valence-electron chi connectivity index (χ4n) is 2.22. The highest BCUT2D eigenvalue weighted by atomic mass is 16.5. The molecule has 0 aliphatic carbocycles. The molecule has 0 spiro atoms. The van der Waals surface area contributed by atoms with E-state index in [1.54, 1.807) is 0 Å². The zero-order chi connectivity index (χ0) is 14.8. The topological polar surface area (TPSA) is 38.5 Å². The summed E-state index contributed by atoms with van der Waals surface area (Å²) >= 11 is 0. The second-order valence-electron chi connectivity index (χ2n) is 4.83. The van der Waals surface area contributed by atoms with Gasteiger partial charge in [0.2, 0.25) is 0 Å². The molecule has 20 heavy (non-hydrogen) atoms. The molecule has 0 heterocycles. The Morgan fingerprint density at radius 1 is 1.30 bits per heavy atom. The van der Waals surface area contributed by atoms with Crippen LogP contribution in [0.3, 0.4) is 0 Å². The van der Waals surface area contributed by atoms with Crippen LogP contribution in [0.15, 0.2) is 24.3 Å². The Balaban J connectivity index is 2.46. The summed E-state index contributed by atoms with van der Waals surface area (Å²) < 4.78 is 5.80. The molecule has 1 aromatic carbocycles. The van der Waals surface area contributed by atoms with Gasteiger partial charge in [-0.3, -0.25) is 0 Å². The van der Waals surface area contributed by atoms with Crippen LogP contribution in [-0.4, -0.2) is 37.7 Å². The molecule has 0 aromatic heterocycles. The van der Waals surface area contributed by atoms with Crippen LogP contribution in [0, 0.1) is 11.8 Å². The van der Waals surface area contributed by atoms with Crippen molar-refractivity contribution in [1.82, 2.24) is 4.90 Å². The summed E-state index contributed by atoms with van der Waals surface area (Å²) in [4.78, 5) is 2.36. The number of hydrogen-bond acceptors (Lipinski definition) is 3. The number of likely N-dealkylation sites (N-methyl/N-ethyl adjacent to an activating group) is 1. The van der Waals surface area contributed by atoms with Gasteiger partial charge >= 0.3 is 0 Å². The molecule has 0 aliphatic heterocycles. The Labute approximate surface area is 123 Å². The van der Waals surface area contributed by atoms with E-state index in [2.05, 4.69) is 37.6 Å². The van der Waals surface area contributed by atoms with Gasteiger partial charge in [0, 0.05) is 18.2 Å². The highest BCUT2D eigenvalue weighted by molar-refractivity contribution is 5.39. The SMILES string of the molecule is CCC(CC)N(C)CCOc1cccc(C#CCN)c1. The Hall–Kier alpha value is -1.50. The van der Waals surface area contributed by atoms with Crippen LogP contribution < -0.4 is 10.5 Å². The van der Waals surface area contributed by atoms with Crippen molar-refractivity contribution < 1.29 is 4.74 Å². The van der Waals surface area contributed by atoms with Gasteiger partial charge < -0.3 is 15.4 Å². The summed E-state index contributed by atoms with van der Waals surface area (Å²) in [6.07, 6.45) is 2.36. The van der Waals surface area contributed by atoms with Gasteiger partial charge in [0.15, 0.2) is 0 Å². The zero-order valence-corrected chi connectivity index (χ0v) is 12.9. The predicted octanol–water partition coefficient (Wildman–Crippen LogP) is 2.50. The van der Waals surface area contributed by atoms with E-state index in [1.807, 2.05) is 24.3 Å². The molecule has 0 amide bonds. The van der Waals surface area contributed by atoms with E-state index < -0.39 is 0 Å². The first-order valence-electron chi connectivity index (χ1n) is 7.33. The molecule has 0 fully saturated rings. The van der Waals surface area contributed by atoms with E-state index in [1.165, 1.54) is 12.8 Å². The molecule has 0 saturated heterocycles. The normalized spacial score (nSPS) is 10.5. The smallest absolute Gasteiger partial charge is 0.120 e. The summed E-state index contributed by atoms with van der Waals surface area (Å²) in [5, 5.41) is 0. The van der Waals surface area contributed by atoms with Gasteiger partial charge in [-0.1, -0.05) is 31.8 Å². The van der Waals surface area contributed by atoms with Crippen LogP contribution in [0.2, 0.25) is 0 Å². The Morgan fingerprint density at radius 2 is 2.05 bits per heavy atom. The van der Waals surface area contributed by atoms with E-state index in [0.717, 1.165) is 17.9 Å². The Bertz CT molecular complexity index is 444. The van der Waals surface area contributed by atoms with E-state index in [0.29, 0.717) is 19.2 Å². The fourth-order valence-corrected chi connectivity index (χ4v) is 2.22. The number of rotatable bonds is 7. The first kappa shape index (κ1) is 16.6. The van der Waals surface area contributed by atoms with Gasteiger partial charge in [0.1, 0.15) is 12.4 Å². The molecule has 0 radical (unpaired) electrons. The highest BCUT2D eigenvalue weighted by Crippen LogP contribution is 2.13. The van der Waals surface area contributed by atoms with E-state index in [9.17, 15) is 0 Å². The maximum Gasteiger partial charge on any atom is 0.120 e. The molecule has 0 aliphatic rings. The van der Waals surface area contributed by atoms with Crippen molar-refractivity contribution in [1.29, 1.82) is 0 Å². The number of nitrogens with two attached hydrogens (primary N) is 1. The predicted molar refractivity (Wildman–Crippen MR) is 84.9 cm³/mol. The zero-order valence-electron chi connectivity index (χ0n) is 12.9. The lowest BCUT2D eigenvalue weighted by Crippen LogP contribution is -2.33. The maximum atomic E-state index is 5.80. The summed E-state index contributed by atoms with van der Waals surface area (Å²) in [5.74, 6) is 6.73. The van der Waals surface area contributed by atoms with Crippen LogP contribution in [0.5, 0.6) is 5.75 Å². The molecule has 0 unspecified atom stereocenters. The molecule has 3 nitrogen and oxygen atoms in total. The number of ether oxygens (including phenoxy) is 1. The average Bonchev–Trinajstić information content (AvgIpc) is 2.47. The van der Waals surface area contributed by atoms with Gasteiger partial charge in [-0.05, 0) is 38.1 Å². The average molecular weight is 274 g/mol. The molecule has 1 rings (SSSR count). The monoisotopic (exact) mass is 274 g/mol. The van der Waals surface area contributed by atoms with Gasteiger partial charge in [-0.2, -0.15) is 0 Å². The first-order valence-corrected chi connectivity index (χ1v) is 7.33. The van der Waals surface area contributed by atoms with Gasteiger partial charge in [-0.15, -0.1) is 0 Å². The van der Waals surface area contributed by atoms with Crippen molar-refractivity contribution in [2.45, 2.75) is 32.7 Å². The maximum absolute atomic E-state index is 5.80. The van der Waals surface area contributed by atoms with Crippen molar-refractivity contribution in [3.63, 3.8) is 0 Å². The van der Waals surface area contributed by atoms with Gasteiger partial charge in [-0.25, -0.2) is 0 Å². The van der Waals surface area contributed by atoms with Crippen molar-refractivity contribution in [3.05, 3.63) is 29.8 Å². The molecule has 2 N–H and O–H groups in total. The number of benzene rings is 1. The quantitative estimate of drug-likeness (QED) is 0.776. The molecule has 110 valence electrons. The van der Waals surface area contributed by atoms with Gasteiger partial charge in [0.25, 0.3) is 0 Å². The minimum absolute atomic E-state index is 0.380. The fraction of sp³-hybridized carbons (Fsp3) is 0.529. The third-order valence-electron chi connectivity index (χ3n) is 3.45. The third-order valence-corrected chi connectivity index (χ3v) is 3.45. The lowest BCUT2D eigenvalue weighted by atomic mass is 10.1. The second-order valence-corrected chi connectivity index (χ2v) is 4.83.